The molecule has 0 heterocycles. The van der Waals surface area contributed by atoms with Crippen molar-refractivity contribution in [3.63, 3.8) is 0 Å². The van der Waals surface area contributed by atoms with Crippen molar-refractivity contribution in [2.75, 3.05) is 11.9 Å². The van der Waals surface area contributed by atoms with Crippen LogP contribution in [0, 0.1) is 6.92 Å². The zero-order chi connectivity index (χ0) is 15.9. The molecule has 2 amide bonds. The molecule has 0 bridgehead atoms. The van der Waals surface area contributed by atoms with Gasteiger partial charge in [-0.2, -0.15) is 0 Å². The Kier molecular flexibility index (Phi) is 6.01. The van der Waals surface area contributed by atoms with Crippen LogP contribution in [0.1, 0.15) is 37.7 Å². The summed E-state index contributed by atoms with van der Waals surface area (Å²) in [5.74, 6) is -1.28. The molecule has 0 saturated carbocycles. The third-order valence-corrected chi connectivity index (χ3v) is 4.01. The highest BCUT2D eigenvalue weighted by atomic mass is 35.5. The highest BCUT2D eigenvalue weighted by Crippen LogP contribution is 2.20. The summed E-state index contributed by atoms with van der Waals surface area (Å²) in [6, 6.07) is 5.17. The lowest BCUT2D eigenvalue weighted by Crippen LogP contribution is -2.36. The first-order chi connectivity index (χ1) is 10.6. The number of carbonyl (C=O) groups excluding carboxylic acids is 2. The number of rotatable bonds is 4. The Morgan fingerprint density at radius 1 is 1.23 bits per heavy atom. The quantitative estimate of drug-likeness (QED) is 0.658. The Morgan fingerprint density at radius 2 is 2.05 bits per heavy atom. The molecule has 1 aliphatic carbocycles. The molecule has 0 spiro atoms. The highest BCUT2D eigenvalue weighted by Gasteiger charge is 2.14. The van der Waals surface area contributed by atoms with Gasteiger partial charge in [-0.3, -0.25) is 9.59 Å². The lowest BCUT2D eigenvalue weighted by atomic mass is 9.97. The fourth-order valence-electron chi connectivity index (χ4n) is 2.46. The molecule has 22 heavy (non-hydrogen) atoms. The summed E-state index contributed by atoms with van der Waals surface area (Å²) in [6.45, 7) is 2.34. The summed E-state index contributed by atoms with van der Waals surface area (Å²) in [5.41, 5.74) is 2.79. The van der Waals surface area contributed by atoms with Crippen LogP contribution >= 0.6 is 11.6 Å². The van der Waals surface area contributed by atoms with E-state index in [0.29, 0.717) is 17.3 Å². The lowest BCUT2D eigenvalue weighted by Gasteiger charge is -2.13. The number of anilines is 1. The van der Waals surface area contributed by atoms with E-state index in [9.17, 15) is 9.59 Å². The van der Waals surface area contributed by atoms with E-state index in [1.165, 1.54) is 18.4 Å². The second-order valence-corrected chi connectivity index (χ2v) is 5.96. The van der Waals surface area contributed by atoms with Gasteiger partial charge >= 0.3 is 11.8 Å². The normalized spacial score (nSPS) is 14.2. The van der Waals surface area contributed by atoms with Crippen LogP contribution in [0.3, 0.4) is 0 Å². The lowest BCUT2D eigenvalue weighted by molar-refractivity contribution is -0.136. The fourth-order valence-corrected chi connectivity index (χ4v) is 2.63. The average molecular weight is 321 g/mol. The van der Waals surface area contributed by atoms with Crippen molar-refractivity contribution in [3.8, 4) is 0 Å². The molecule has 5 heteroatoms. The molecule has 4 nitrogen and oxygen atoms in total. The van der Waals surface area contributed by atoms with Crippen molar-refractivity contribution in [3.05, 3.63) is 40.4 Å². The highest BCUT2D eigenvalue weighted by molar-refractivity contribution is 6.40. The van der Waals surface area contributed by atoms with E-state index in [4.69, 9.17) is 11.6 Å². The third kappa shape index (κ3) is 4.88. The Hall–Kier alpha value is -1.81. The van der Waals surface area contributed by atoms with Crippen LogP contribution in [0.15, 0.2) is 29.8 Å². The Labute approximate surface area is 135 Å². The topological polar surface area (TPSA) is 58.2 Å². The molecule has 0 fully saturated rings. The number of allylic oxidation sites excluding steroid dienone is 1. The van der Waals surface area contributed by atoms with E-state index in [1.807, 2.05) is 6.92 Å². The Morgan fingerprint density at radius 3 is 2.77 bits per heavy atom. The van der Waals surface area contributed by atoms with Crippen LogP contribution in [-0.4, -0.2) is 18.4 Å². The predicted octanol–water partition coefficient (Wildman–Crippen LogP) is 3.59. The maximum absolute atomic E-state index is 11.9. The van der Waals surface area contributed by atoms with E-state index >= 15 is 0 Å². The van der Waals surface area contributed by atoms with Gasteiger partial charge in [0, 0.05) is 17.3 Å². The van der Waals surface area contributed by atoms with Gasteiger partial charge in [-0.05, 0) is 56.7 Å². The molecule has 0 unspecified atom stereocenters. The first-order valence-electron chi connectivity index (χ1n) is 7.59. The van der Waals surface area contributed by atoms with E-state index in [-0.39, 0.29) is 0 Å². The minimum Gasteiger partial charge on any atom is -0.348 e. The van der Waals surface area contributed by atoms with Crippen molar-refractivity contribution in [1.29, 1.82) is 0 Å². The molecular formula is C17H21ClN2O2. The van der Waals surface area contributed by atoms with Gasteiger partial charge in [0.2, 0.25) is 0 Å². The average Bonchev–Trinajstić information content (AvgIpc) is 2.52. The maximum atomic E-state index is 11.9. The van der Waals surface area contributed by atoms with Gasteiger partial charge in [-0.15, -0.1) is 0 Å². The zero-order valence-corrected chi connectivity index (χ0v) is 13.5. The molecule has 0 aliphatic heterocycles. The van der Waals surface area contributed by atoms with Crippen molar-refractivity contribution in [1.82, 2.24) is 5.32 Å². The van der Waals surface area contributed by atoms with Gasteiger partial charge in [0.25, 0.3) is 0 Å². The molecule has 1 aromatic rings. The molecule has 0 aromatic heterocycles. The number of amides is 2. The summed E-state index contributed by atoms with van der Waals surface area (Å²) >= 11 is 5.89. The summed E-state index contributed by atoms with van der Waals surface area (Å²) in [6.07, 6.45) is 7.74. The summed E-state index contributed by atoms with van der Waals surface area (Å²) in [7, 11) is 0. The SMILES string of the molecule is Cc1ccc(Cl)cc1NC(=O)C(=O)NCCC1=CCCCC1. The molecular weight excluding hydrogens is 300 g/mol. The number of hydrogen-bond acceptors (Lipinski definition) is 2. The van der Waals surface area contributed by atoms with Crippen LogP contribution in [0.4, 0.5) is 5.69 Å². The van der Waals surface area contributed by atoms with E-state index in [0.717, 1.165) is 24.8 Å². The van der Waals surface area contributed by atoms with Crippen LogP contribution in [-0.2, 0) is 9.59 Å². The van der Waals surface area contributed by atoms with E-state index < -0.39 is 11.8 Å². The van der Waals surface area contributed by atoms with Crippen molar-refractivity contribution < 1.29 is 9.59 Å². The molecule has 118 valence electrons. The summed E-state index contributed by atoms with van der Waals surface area (Å²) < 4.78 is 0. The largest absolute Gasteiger partial charge is 0.348 e. The van der Waals surface area contributed by atoms with Gasteiger partial charge in [0.05, 0.1) is 0 Å². The minimum atomic E-state index is -0.664. The monoisotopic (exact) mass is 320 g/mol. The molecule has 1 aromatic carbocycles. The molecule has 0 saturated heterocycles. The van der Waals surface area contributed by atoms with E-state index in [1.54, 1.807) is 18.2 Å². The Bertz CT molecular complexity index is 596. The second kappa shape index (κ2) is 7.99. The van der Waals surface area contributed by atoms with Gasteiger partial charge < -0.3 is 10.6 Å². The van der Waals surface area contributed by atoms with Crippen LogP contribution < -0.4 is 10.6 Å². The van der Waals surface area contributed by atoms with Crippen LogP contribution in [0.5, 0.6) is 0 Å². The van der Waals surface area contributed by atoms with Gasteiger partial charge in [-0.1, -0.05) is 29.3 Å². The predicted molar refractivity (Wildman–Crippen MR) is 89.0 cm³/mol. The molecule has 0 radical (unpaired) electrons. The molecule has 1 aliphatic rings. The standard InChI is InChI=1S/C17H21ClN2O2/c1-12-7-8-14(18)11-15(12)20-17(22)16(21)19-10-9-13-5-3-2-4-6-13/h5,7-8,11H,2-4,6,9-10H2,1H3,(H,19,21)(H,20,22). The minimum absolute atomic E-state index is 0.493. The fraction of sp³-hybridized carbons (Fsp3) is 0.412. The van der Waals surface area contributed by atoms with Gasteiger partial charge in [0.15, 0.2) is 0 Å². The second-order valence-electron chi connectivity index (χ2n) is 5.53. The molecule has 0 atom stereocenters. The number of carbonyl (C=O) groups is 2. The third-order valence-electron chi connectivity index (χ3n) is 3.77. The number of aryl methyl sites for hydroxylation is 1. The zero-order valence-electron chi connectivity index (χ0n) is 12.7. The molecule has 2 N–H and O–H groups in total. The van der Waals surface area contributed by atoms with Crippen molar-refractivity contribution in [2.45, 2.75) is 39.0 Å². The smallest absolute Gasteiger partial charge is 0.313 e. The molecule has 2 rings (SSSR count). The number of hydrogen-bond donors (Lipinski definition) is 2. The van der Waals surface area contributed by atoms with Gasteiger partial charge in [0.1, 0.15) is 0 Å². The van der Waals surface area contributed by atoms with Gasteiger partial charge in [-0.25, -0.2) is 0 Å². The number of nitrogens with one attached hydrogen (secondary N) is 2. The van der Waals surface area contributed by atoms with E-state index in [2.05, 4.69) is 16.7 Å². The summed E-state index contributed by atoms with van der Waals surface area (Å²) in [4.78, 5) is 23.7. The van der Waals surface area contributed by atoms with Crippen molar-refractivity contribution >= 4 is 29.1 Å². The van der Waals surface area contributed by atoms with Crippen molar-refractivity contribution in [2.24, 2.45) is 0 Å². The Balaban J connectivity index is 1.80. The number of benzene rings is 1. The number of halogens is 1. The van der Waals surface area contributed by atoms with Crippen LogP contribution in [0.25, 0.3) is 0 Å². The first kappa shape index (κ1) is 16.6. The van der Waals surface area contributed by atoms with Crippen LogP contribution in [0.2, 0.25) is 5.02 Å². The summed E-state index contributed by atoms with van der Waals surface area (Å²) in [5, 5.41) is 5.77. The first-order valence-corrected chi connectivity index (χ1v) is 7.97. The maximum Gasteiger partial charge on any atom is 0.313 e.